The van der Waals surface area contributed by atoms with Gasteiger partial charge in [-0.3, -0.25) is 4.79 Å². The average Bonchev–Trinajstić information content (AvgIpc) is 2.58. The molecule has 2 rings (SSSR count). The molecule has 0 saturated heterocycles. The molecule has 0 heterocycles. The van der Waals surface area contributed by atoms with E-state index in [1.165, 1.54) is 24.3 Å². The van der Waals surface area contributed by atoms with Gasteiger partial charge in [-0.2, -0.15) is 8.78 Å². The van der Waals surface area contributed by atoms with Gasteiger partial charge < -0.3 is 10.1 Å². The highest BCUT2D eigenvalue weighted by atomic mass is 35.5. The largest absolute Gasteiger partial charge is 0.452 e. The Morgan fingerprint density at radius 2 is 1.73 bits per heavy atom. The third kappa shape index (κ3) is 5.48. The van der Waals surface area contributed by atoms with Crippen molar-refractivity contribution >= 4 is 64.1 Å². The number of halogens is 5. The maximum atomic E-state index is 12.5. The van der Waals surface area contributed by atoms with Crippen LogP contribution < -0.4 is 5.32 Å². The molecule has 0 aliphatic rings. The van der Waals surface area contributed by atoms with Crippen LogP contribution in [-0.4, -0.2) is 24.2 Å². The molecule has 0 fully saturated rings. The Bertz CT molecular complexity index is 836. The number of para-hydroxylation sites is 1. The number of ether oxygens (including phenoxy) is 1. The Morgan fingerprint density at radius 1 is 1.08 bits per heavy atom. The molecule has 10 heteroatoms. The van der Waals surface area contributed by atoms with E-state index in [0.717, 1.165) is 0 Å². The van der Waals surface area contributed by atoms with Crippen LogP contribution in [0.2, 0.25) is 15.1 Å². The van der Waals surface area contributed by atoms with E-state index in [1.54, 1.807) is 12.1 Å². The minimum absolute atomic E-state index is 0.0171. The van der Waals surface area contributed by atoms with Crippen molar-refractivity contribution in [2.75, 3.05) is 11.9 Å². The van der Waals surface area contributed by atoms with Crippen molar-refractivity contribution < 1.29 is 23.1 Å². The zero-order valence-electron chi connectivity index (χ0n) is 12.8. The SMILES string of the molecule is O=C(COC(=O)c1c(Cl)ccc(Cl)c1Cl)Nc1ccccc1SC(F)F. The van der Waals surface area contributed by atoms with Gasteiger partial charge in [-0.1, -0.05) is 58.7 Å². The fraction of sp³-hybridized carbons (Fsp3) is 0.125. The molecule has 1 N–H and O–H groups in total. The standard InChI is InChI=1S/C16H10Cl3F2NO3S/c17-8-5-6-9(18)14(19)13(8)15(24)25-7-12(23)22-10-3-1-2-4-11(10)26-16(20)21/h1-6,16H,7H2,(H,22,23). The first-order chi connectivity index (χ1) is 12.3. The first-order valence-corrected chi connectivity index (χ1v) is 8.95. The quantitative estimate of drug-likeness (QED) is 0.353. The number of anilines is 1. The molecule has 0 aliphatic heterocycles. The van der Waals surface area contributed by atoms with Crippen LogP contribution in [0.3, 0.4) is 0 Å². The number of alkyl halides is 2. The topological polar surface area (TPSA) is 55.4 Å². The molecule has 4 nitrogen and oxygen atoms in total. The summed E-state index contributed by atoms with van der Waals surface area (Å²) in [5.41, 5.74) is 0.0139. The number of carbonyl (C=O) groups is 2. The van der Waals surface area contributed by atoms with Crippen molar-refractivity contribution in [3.8, 4) is 0 Å². The van der Waals surface area contributed by atoms with Gasteiger partial charge >= 0.3 is 5.97 Å². The van der Waals surface area contributed by atoms with E-state index in [1.807, 2.05) is 0 Å². The van der Waals surface area contributed by atoms with Gasteiger partial charge in [-0.05, 0) is 24.3 Å². The summed E-state index contributed by atoms with van der Waals surface area (Å²) < 4.78 is 29.9. The molecule has 1 amide bonds. The molecule has 2 aromatic carbocycles. The van der Waals surface area contributed by atoms with Gasteiger partial charge in [0.1, 0.15) is 0 Å². The Hall–Kier alpha value is -1.54. The van der Waals surface area contributed by atoms with Crippen molar-refractivity contribution in [3.63, 3.8) is 0 Å². The second-order valence-corrected chi connectivity index (χ2v) is 6.94. The monoisotopic (exact) mass is 439 g/mol. The third-order valence-corrected chi connectivity index (χ3v) is 4.87. The summed E-state index contributed by atoms with van der Waals surface area (Å²) in [6.07, 6.45) is 0. The smallest absolute Gasteiger partial charge is 0.341 e. The second-order valence-electron chi connectivity index (χ2n) is 4.72. The Kier molecular flexibility index (Phi) is 7.52. The van der Waals surface area contributed by atoms with E-state index in [9.17, 15) is 18.4 Å². The summed E-state index contributed by atoms with van der Waals surface area (Å²) in [5, 5.41) is 2.43. The Morgan fingerprint density at radius 3 is 2.42 bits per heavy atom. The lowest BCUT2D eigenvalue weighted by atomic mass is 10.2. The van der Waals surface area contributed by atoms with Gasteiger partial charge in [0.25, 0.3) is 11.7 Å². The number of amides is 1. The maximum absolute atomic E-state index is 12.5. The van der Waals surface area contributed by atoms with Crippen molar-refractivity contribution in [1.29, 1.82) is 0 Å². The fourth-order valence-electron chi connectivity index (χ4n) is 1.87. The predicted molar refractivity (Wildman–Crippen MR) is 98.7 cm³/mol. The number of hydrogen-bond donors (Lipinski definition) is 1. The first kappa shape index (κ1) is 20.8. The number of carbonyl (C=O) groups excluding carboxylic acids is 2. The number of hydrogen-bond acceptors (Lipinski definition) is 4. The van der Waals surface area contributed by atoms with Crippen molar-refractivity contribution in [2.45, 2.75) is 10.7 Å². The summed E-state index contributed by atoms with van der Waals surface area (Å²) in [7, 11) is 0. The highest BCUT2D eigenvalue weighted by Crippen LogP contribution is 2.33. The molecule has 0 aliphatic carbocycles. The number of nitrogens with one attached hydrogen (secondary N) is 1. The molecule has 0 radical (unpaired) electrons. The summed E-state index contributed by atoms with van der Waals surface area (Å²) in [6.45, 7) is -0.661. The predicted octanol–water partition coefficient (Wildman–Crippen LogP) is 5.76. The molecule has 0 spiro atoms. The number of benzene rings is 2. The van der Waals surface area contributed by atoms with Crippen LogP contribution in [0.1, 0.15) is 10.4 Å². The molecule has 2 aromatic rings. The second kappa shape index (κ2) is 9.41. The molecular weight excluding hydrogens is 431 g/mol. The molecular formula is C16H10Cl3F2NO3S. The van der Waals surface area contributed by atoms with E-state index >= 15 is 0 Å². The maximum Gasteiger partial charge on any atom is 0.341 e. The first-order valence-electron chi connectivity index (χ1n) is 6.94. The van der Waals surface area contributed by atoms with Crippen molar-refractivity contribution in [1.82, 2.24) is 0 Å². The number of rotatable bonds is 6. The molecule has 138 valence electrons. The van der Waals surface area contributed by atoms with Crippen LogP contribution in [0.4, 0.5) is 14.5 Å². The number of thioether (sulfide) groups is 1. The molecule has 0 aromatic heterocycles. The van der Waals surface area contributed by atoms with Crippen molar-refractivity contribution in [3.05, 3.63) is 57.0 Å². The minimum atomic E-state index is -2.64. The van der Waals surface area contributed by atoms with E-state index in [4.69, 9.17) is 39.5 Å². The average molecular weight is 441 g/mol. The van der Waals surface area contributed by atoms with Gasteiger partial charge in [0.2, 0.25) is 0 Å². The van der Waals surface area contributed by atoms with Crippen LogP contribution in [0.15, 0.2) is 41.3 Å². The van der Waals surface area contributed by atoms with Crippen LogP contribution in [0.5, 0.6) is 0 Å². The highest BCUT2D eigenvalue weighted by Gasteiger charge is 2.20. The Labute approximate surface area is 166 Å². The molecule has 0 bridgehead atoms. The summed E-state index contributed by atoms with van der Waals surface area (Å²) in [5.74, 6) is -4.29. The molecule has 26 heavy (non-hydrogen) atoms. The van der Waals surface area contributed by atoms with Gasteiger partial charge in [0, 0.05) is 4.90 Å². The molecule has 0 saturated carbocycles. The normalized spacial score (nSPS) is 10.7. The summed E-state index contributed by atoms with van der Waals surface area (Å²) >= 11 is 17.9. The highest BCUT2D eigenvalue weighted by molar-refractivity contribution is 7.99. The lowest BCUT2D eigenvalue weighted by Gasteiger charge is -2.11. The third-order valence-electron chi connectivity index (χ3n) is 2.96. The van der Waals surface area contributed by atoms with Crippen LogP contribution in [0, 0.1) is 0 Å². The van der Waals surface area contributed by atoms with Crippen LogP contribution >= 0.6 is 46.6 Å². The zero-order chi connectivity index (χ0) is 19.3. The zero-order valence-corrected chi connectivity index (χ0v) is 15.9. The lowest BCUT2D eigenvalue weighted by molar-refractivity contribution is -0.119. The van der Waals surface area contributed by atoms with Gasteiger partial charge in [0.15, 0.2) is 6.61 Å². The number of esters is 1. The lowest BCUT2D eigenvalue weighted by Crippen LogP contribution is -2.21. The summed E-state index contributed by atoms with van der Waals surface area (Å²) in [6, 6.07) is 8.79. The summed E-state index contributed by atoms with van der Waals surface area (Å²) in [4.78, 5) is 24.2. The minimum Gasteiger partial charge on any atom is -0.452 e. The van der Waals surface area contributed by atoms with Gasteiger partial charge in [0.05, 0.1) is 26.3 Å². The van der Waals surface area contributed by atoms with E-state index in [0.29, 0.717) is 0 Å². The van der Waals surface area contributed by atoms with Crippen LogP contribution in [-0.2, 0) is 9.53 Å². The van der Waals surface area contributed by atoms with E-state index in [2.05, 4.69) is 5.32 Å². The molecule has 0 atom stereocenters. The van der Waals surface area contributed by atoms with Crippen molar-refractivity contribution in [2.24, 2.45) is 0 Å². The van der Waals surface area contributed by atoms with Crippen LogP contribution in [0.25, 0.3) is 0 Å². The Balaban J connectivity index is 2.02. The van der Waals surface area contributed by atoms with E-state index < -0.39 is 24.2 Å². The molecule has 0 unspecified atom stereocenters. The van der Waals surface area contributed by atoms with E-state index in [-0.39, 0.29) is 43.0 Å². The van der Waals surface area contributed by atoms with Gasteiger partial charge in [-0.15, -0.1) is 0 Å². The fourth-order valence-corrected chi connectivity index (χ4v) is 3.15. The van der Waals surface area contributed by atoms with Gasteiger partial charge in [-0.25, -0.2) is 4.79 Å².